The van der Waals surface area contributed by atoms with Crippen LogP contribution in [0.5, 0.6) is 11.5 Å². The molecule has 0 aromatic heterocycles. The highest BCUT2D eigenvalue weighted by molar-refractivity contribution is 6.91. The Kier molecular flexibility index (Phi) is 8.50. The highest BCUT2D eigenvalue weighted by Gasteiger charge is 2.61. The Labute approximate surface area is 248 Å². The van der Waals surface area contributed by atoms with Crippen molar-refractivity contribution in [3.8, 4) is 11.5 Å². The summed E-state index contributed by atoms with van der Waals surface area (Å²) in [6.45, 7) is 4.57. The molecule has 1 aliphatic rings. The van der Waals surface area contributed by atoms with Crippen molar-refractivity contribution in [1.29, 1.82) is 0 Å². The third-order valence-corrected chi connectivity index (χ3v) is 12.6. The highest BCUT2D eigenvalue weighted by atomic mass is 28.3. The van der Waals surface area contributed by atoms with Crippen LogP contribution in [0.25, 0.3) is 0 Å². The van der Waals surface area contributed by atoms with Crippen LogP contribution in [0.15, 0.2) is 109 Å². The zero-order valence-electron chi connectivity index (χ0n) is 24.7. The first-order valence-electron chi connectivity index (χ1n) is 14.1. The number of carbonyl (C=O) groups is 2. The SMILES string of the molecule is COC(=O)[C@H]1[C@@H]([C@H](c2ccccc2)[Si](C)(C)c2ccccc2)C(=O)N1C(c1ccc(OC)cc1)c1ccc(OC)cc1. The van der Waals surface area contributed by atoms with Crippen LogP contribution in [0.3, 0.4) is 0 Å². The van der Waals surface area contributed by atoms with Gasteiger partial charge in [-0.05, 0) is 46.5 Å². The van der Waals surface area contributed by atoms with Crippen molar-refractivity contribution in [2.45, 2.75) is 30.7 Å². The number of rotatable bonds is 10. The van der Waals surface area contributed by atoms with Gasteiger partial charge in [0.25, 0.3) is 0 Å². The van der Waals surface area contributed by atoms with Gasteiger partial charge in [-0.1, -0.05) is 103 Å². The van der Waals surface area contributed by atoms with E-state index in [0.29, 0.717) is 11.5 Å². The van der Waals surface area contributed by atoms with Crippen molar-refractivity contribution in [2.75, 3.05) is 21.3 Å². The van der Waals surface area contributed by atoms with Gasteiger partial charge in [-0.2, -0.15) is 0 Å². The summed E-state index contributed by atoms with van der Waals surface area (Å²) in [5.74, 6) is 0.382. The molecule has 4 aromatic carbocycles. The van der Waals surface area contributed by atoms with Gasteiger partial charge in [0.1, 0.15) is 17.5 Å². The number of likely N-dealkylation sites (tertiary alicyclic amines) is 1. The second kappa shape index (κ2) is 12.2. The predicted molar refractivity (Wildman–Crippen MR) is 167 cm³/mol. The molecule has 1 aliphatic heterocycles. The van der Waals surface area contributed by atoms with Gasteiger partial charge in [0.05, 0.1) is 41.4 Å². The molecule has 216 valence electrons. The molecule has 42 heavy (non-hydrogen) atoms. The van der Waals surface area contributed by atoms with Crippen molar-refractivity contribution < 1.29 is 23.8 Å². The molecule has 1 fully saturated rings. The minimum absolute atomic E-state index is 0.0626. The third-order valence-electron chi connectivity index (χ3n) is 8.58. The van der Waals surface area contributed by atoms with Gasteiger partial charge in [-0.25, -0.2) is 4.79 Å². The number of benzene rings is 4. The molecule has 3 atom stereocenters. The number of carbonyl (C=O) groups excluding carboxylic acids is 2. The lowest BCUT2D eigenvalue weighted by atomic mass is 9.78. The molecule has 7 heteroatoms. The Hall–Kier alpha value is -4.36. The molecule has 0 aliphatic carbocycles. The molecule has 1 amide bonds. The second-order valence-corrected chi connectivity index (χ2v) is 15.8. The first kappa shape index (κ1) is 29.1. The zero-order chi connectivity index (χ0) is 29.9. The number of amides is 1. The lowest BCUT2D eigenvalue weighted by Gasteiger charge is -2.54. The monoisotopic (exact) mass is 579 g/mol. The summed E-state index contributed by atoms with van der Waals surface area (Å²) >= 11 is 0. The fraction of sp³-hybridized carbons (Fsp3) is 0.257. The van der Waals surface area contributed by atoms with Gasteiger partial charge >= 0.3 is 5.97 Å². The van der Waals surface area contributed by atoms with Crippen LogP contribution in [0.4, 0.5) is 0 Å². The molecule has 5 rings (SSSR count). The molecular formula is C35H37NO5Si. The Balaban J connectivity index is 1.65. The van der Waals surface area contributed by atoms with Crippen molar-refractivity contribution in [1.82, 2.24) is 4.90 Å². The summed E-state index contributed by atoms with van der Waals surface area (Å²) in [7, 11) is 2.28. The molecule has 0 radical (unpaired) electrons. The fourth-order valence-electron chi connectivity index (χ4n) is 6.40. The van der Waals surface area contributed by atoms with Crippen LogP contribution in [-0.2, 0) is 14.3 Å². The molecule has 0 N–H and O–H groups in total. The van der Waals surface area contributed by atoms with Gasteiger partial charge in [-0.15, -0.1) is 0 Å². The van der Waals surface area contributed by atoms with E-state index in [4.69, 9.17) is 14.2 Å². The number of ether oxygens (including phenoxy) is 3. The third kappa shape index (κ3) is 5.32. The number of β-lactam (4-membered cyclic amide) rings is 1. The zero-order valence-corrected chi connectivity index (χ0v) is 25.7. The Morgan fingerprint density at radius 1 is 0.690 bits per heavy atom. The number of nitrogens with zero attached hydrogens (tertiary/aromatic N) is 1. The van der Waals surface area contributed by atoms with Crippen molar-refractivity contribution in [3.63, 3.8) is 0 Å². The maximum atomic E-state index is 14.6. The smallest absolute Gasteiger partial charge is 0.329 e. The lowest BCUT2D eigenvalue weighted by Crippen LogP contribution is -2.70. The summed E-state index contributed by atoms with van der Waals surface area (Å²) in [6.07, 6.45) is 0. The van der Waals surface area contributed by atoms with E-state index < -0.39 is 32.0 Å². The van der Waals surface area contributed by atoms with Gasteiger partial charge in [0.2, 0.25) is 5.91 Å². The molecule has 1 heterocycles. The van der Waals surface area contributed by atoms with E-state index in [1.54, 1.807) is 19.1 Å². The van der Waals surface area contributed by atoms with E-state index in [9.17, 15) is 9.59 Å². The lowest BCUT2D eigenvalue weighted by molar-refractivity contribution is -0.176. The van der Waals surface area contributed by atoms with Crippen LogP contribution in [-0.4, -0.2) is 52.2 Å². The average Bonchev–Trinajstić information content (AvgIpc) is 3.04. The van der Waals surface area contributed by atoms with E-state index >= 15 is 0 Å². The number of methoxy groups -OCH3 is 3. The maximum Gasteiger partial charge on any atom is 0.329 e. The fourth-order valence-corrected chi connectivity index (χ4v) is 10.1. The standard InChI is InChI=1S/C35H37NO5Si/c1-39-27-20-16-24(17-21-27)31(25-18-22-28(40-2)23-19-25)36-32(35(38)41-3)30(34(36)37)33(26-12-8-6-9-13-26)42(4,5)29-14-10-7-11-15-29/h6-23,30-33H,1-5H3/t30-,32+,33-/m0/s1. The summed E-state index contributed by atoms with van der Waals surface area (Å²) in [4.78, 5) is 30.0. The number of hydrogen-bond acceptors (Lipinski definition) is 5. The number of esters is 1. The summed E-state index contributed by atoms with van der Waals surface area (Å²) in [6, 6.07) is 34.5. The van der Waals surface area contributed by atoms with E-state index in [1.165, 1.54) is 12.3 Å². The summed E-state index contributed by atoms with van der Waals surface area (Å²) in [5, 5.41) is 1.23. The first-order chi connectivity index (χ1) is 20.3. The average molecular weight is 580 g/mol. The predicted octanol–water partition coefficient (Wildman–Crippen LogP) is 5.73. The maximum absolute atomic E-state index is 14.6. The summed E-state index contributed by atoms with van der Waals surface area (Å²) in [5.41, 5.74) is 2.66. The van der Waals surface area contributed by atoms with Gasteiger partial charge in [-0.3, -0.25) is 4.79 Å². The van der Waals surface area contributed by atoms with Gasteiger partial charge in [0, 0.05) is 0 Å². The Morgan fingerprint density at radius 2 is 1.17 bits per heavy atom. The quantitative estimate of drug-likeness (QED) is 0.136. The topological polar surface area (TPSA) is 65.1 Å². The van der Waals surface area contributed by atoms with Gasteiger partial charge < -0.3 is 19.1 Å². The molecular weight excluding hydrogens is 542 g/mol. The molecule has 1 saturated heterocycles. The minimum atomic E-state index is -2.36. The molecule has 0 spiro atoms. The normalized spacial score (nSPS) is 17.4. The van der Waals surface area contributed by atoms with Crippen molar-refractivity contribution in [3.05, 3.63) is 126 Å². The van der Waals surface area contributed by atoms with Crippen LogP contribution in [0, 0.1) is 5.92 Å². The van der Waals surface area contributed by atoms with Crippen LogP contribution < -0.4 is 14.7 Å². The first-order valence-corrected chi connectivity index (χ1v) is 17.2. The van der Waals surface area contributed by atoms with Crippen molar-refractivity contribution >= 4 is 25.1 Å². The van der Waals surface area contributed by atoms with Gasteiger partial charge in [0.15, 0.2) is 0 Å². The Bertz CT molecular complexity index is 1460. The molecule has 0 unspecified atom stereocenters. The Morgan fingerprint density at radius 3 is 1.62 bits per heavy atom. The van der Waals surface area contributed by atoms with Crippen LogP contribution in [0.2, 0.25) is 13.1 Å². The largest absolute Gasteiger partial charge is 0.497 e. The number of hydrogen-bond donors (Lipinski definition) is 0. The molecule has 0 saturated carbocycles. The highest BCUT2D eigenvalue weighted by Crippen LogP contribution is 2.49. The van der Waals surface area contributed by atoms with E-state index in [2.05, 4.69) is 37.4 Å². The molecule has 4 aromatic rings. The summed E-state index contributed by atoms with van der Waals surface area (Å²) < 4.78 is 16.2. The molecule has 6 nitrogen and oxygen atoms in total. The molecule has 0 bridgehead atoms. The van der Waals surface area contributed by atoms with E-state index in [0.717, 1.165) is 16.7 Å². The minimum Gasteiger partial charge on any atom is -0.497 e. The van der Waals surface area contributed by atoms with E-state index in [1.807, 2.05) is 84.9 Å². The van der Waals surface area contributed by atoms with Crippen LogP contribution >= 0.6 is 0 Å². The van der Waals surface area contributed by atoms with Crippen LogP contribution in [0.1, 0.15) is 28.3 Å². The second-order valence-electron chi connectivity index (χ2n) is 11.2. The van der Waals surface area contributed by atoms with E-state index in [-0.39, 0.29) is 11.4 Å². The van der Waals surface area contributed by atoms with Crippen molar-refractivity contribution in [2.24, 2.45) is 5.92 Å².